The van der Waals surface area contributed by atoms with Gasteiger partial charge in [0.1, 0.15) is 5.75 Å². The summed E-state index contributed by atoms with van der Waals surface area (Å²) in [6.07, 6.45) is 3.35. The fraction of sp³-hybridized carbons (Fsp3) is 0.200. The molecule has 1 aromatic carbocycles. The third-order valence-corrected chi connectivity index (χ3v) is 2.98. The van der Waals surface area contributed by atoms with Crippen LogP contribution in [0.1, 0.15) is 18.5 Å². The normalized spacial score (nSPS) is 11.5. The third kappa shape index (κ3) is 4.27. The van der Waals surface area contributed by atoms with Crippen LogP contribution in [0.25, 0.3) is 0 Å². The maximum atomic E-state index is 11.8. The number of aromatic nitrogens is 1. The van der Waals surface area contributed by atoms with E-state index in [4.69, 9.17) is 4.74 Å². The molecule has 1 aromatic heterocycles. The molecule has 1 heterocycles. The molecule has 0 saturated heterocycles. The number of benzene rings is 1. The first-order valence-electron chi connectivity index (χ1n) is 6.63. The number of non-ortho nitro benzene ring substituents is 1. The van der Waals surface area contributed by atoms with Crippen molar-refractivity contribution in [3.8, 4) is 5.75 Å². The van der Waals surface area contributed by atoms with Gasteiger partial charge in [0.15, 0.2) is 6.61 Å². The van der Waals surface area contributed by atoms with Crippen molar-refractivity contribution in [1.29, 1.82) is 0 Å². The molecule has 2 aromatic rings. The van der Waals surface area contributed by atoms with Crippen molar-refractivity contribution >= 4 is 11.6 Å². The molecule has 7 heteroatoms. The predicted octanol–water partition coefficient (Wildman–Crippen LogP) is 2.25. The Balaban J connectivity index is 1.83. The van der Waals surface area contributed by atoms with Crippen molar-refractivity contribution < 1.29 is 14.5 Å². The summed E-state index contributed by atoms with van der Waals surface area (Å²) in [7, 11) is 0. The van der Waals surface area contributed by atoms with E-state index in [1.807, 2.05) is 13.0 Å². The van der Waals surface area contributed by atoms with E-state index in [9.17, 15) is 14.9 Å². The highest BCUT2D eigenvalue weighted by atomic mass is 16.6. The molecule has 1 amide bonds. The lowest BCUT2D eigenvalue weighted by Crippen LogP contribution is -2.31. The fourth-order valence-corrected chi connectivity index (χ4v) is 1.81. The number of nitro benzene ring substituents is 1. The second-order valence-electron chi connectivity index (χ2n) is 4.62. The number of pyridine rings is 1. The number of ether oxygens (including phenoxy) is 1. The van der Waals surface area contributed by atoms with E-state index < -0.39 is 4.92 Å². The lowest BCUT2D eigenvalue weighted by Gasteiger charge is -2.14. The van der Waals surface area contributed by atoms with Crippen molar-refractivity contribution in [3.05, 3.63) is 64.5 Å². The SMILES string of the molecule is CC(NC(=O)COc1ccc([N+](=O)[O-])cc1)c1cccnc1. The monoisotopic (exact) mass is 301 g/mol. The number of carbonyl (C=O) groups excluding carboxylic acids is 1. The number of hydrogen-bond donors (Lipinski definition) is 1. The van der Waals surface area contributed by atoms with Crippen LogP contribution in [0, 0.1) is 10.1 Å². The number of nitrogens with zero attached hydrogens (tertiary/aromatic N) is 2. The number of hydrogen-bond acceptors (Lipinski definition) is 5. The van der Waals surface area contributed by atoms with E-state index in [1.165, 1.54) is 24.3 Å². The van der Waals surface area contributed by atoms with Gasteiger partial charge in [0.05, 0.1) is 11.0 Å². The van der Waals surface area contributed by atoms with Gasteiger partial charge in [-0.25, -0.2) is 0 Å². The van der Waals surface area contributed by atoms with Gasteiger partial charge in [-0.1, -0.05) is 6.07 Å². The molecule has 114 valence electrons. The van der Waals surface area contributed by atoms with Crippen molar-refractivity contribution in [3.63, 3.8) is 0 Å². The highest BCUT2D eigenvalue weighted by molar-refractivity contribution is 5.78. The molecule has 1 unspecified atom stereocenters. The minimum atomic E-state index is -0.494. The Morgan fingerprint density at radius 2 is 2.09 bits per heavy atom. The molecule has 0 spiro atoms. The van der Waals surface area contributed by atoms with Crippen LogP contribution in [0.3, 0.4) is 0 Å². The molecule has 0 aliphatic carbocycles. The van der Waals surface area contributed by atoms with Crippen LogP contribution in [0.5, 0.6) is 5.75 Å². The Morgan fingerprint density at radius 3 is 2.68 bits per heavy atom. The first kappa shape index (κ1) is 15.4. The molecule has 1 atom stereocenters. The summed E-state index contributed by atoms with van der Waals surface area (Å²) in [5.74, 6) is 0.115. The predicted molar refractivity (Wildman–Crippen MR) is 79.4 cm³/mol. The summed E-state index contributed by atoms with van der Waals surface area (Å²) in [6, 6.07) is 9.05. The van der Waals surface area contributed by atoms with Crippen LogP contribution in [0.15, 0.2) is 48.8 Å². The van der Waals surface area contributed by atoms with E-state index in [0.29, 0.717) is 5.75 Å². The standard InChI is InChI=1S/C15H15N3O4/c1-11(12-3-2-8-16-9-12)17-15(19)10-22-14-6-4-13(5-7-14)18(20)21/h2-9,11H,10H2,1H3,(H,17,19). The molecule has 0 aliphatic heterocycles. The molecule has 1 N–H and O–H groups in total. The lowest BCUT2D eigenvalue weighted by molar-refractivity contribution is -0.384. The maximum Gasteiger partial charge on any atom is 0.269 e. The Labute approximate surface area is 127 Å². The van der Waals surface area contributed by atoms with Crippen molar-refractivity contribution in [2.75, 3.05) is 6.61 Å². The minimum Gasteiger partial charge on any atom is -0.484 e. The van der Waals surface area contributed by atoms with E-state index in [1.54, 1.807) is 18.5 Å². The van der Waals surface area contributed by atoms with E-state index >= 15 is 0 Å². The van der Waals surface area contributed by atoms with Gasteiger partial charge >= 0.3 is 0 Å². The minimum absolute atomic E-state index is 0.0259. The number of amides is 1. The first-order chi connectivity index (χ1) is 10.6. The molecule has 0 radical (unpaired) electrons. The lowest BCUT2D eigenvalue weighted by atomic mass is 10.1. The number of nitro groups is 1. The van der Waals surface area contributed by atoms with Gasteiger partial charge in [-0.3, -0.25) is 19.9 Å². The van der Waals surface area contributed by atoms with Crippen LogP contribution in [-0.4, -0.2) is 22.4 Å². The summed E-state index contributed by atoms with van der Waals surface area (Å²) in [5.41, 5.74) is 0.869. The zero-order chi connectivity index (χ0) is 15.9. The second kappa shape index (κ2) is 7.16. The summed E-state index contributed by atoms with van der Waals surface area (Å²) in [4.78, 5) is 25.8. The molecule has 0 saturated carbocycles. The summed E-state index contributed by atoms with van der Waals surface area (Å²) in [5, 5.41) is 13.3. The third-order valence-electron chi connectivity index (χ3n) is 2.98. The van der Waals surface area contributed by atoms with Gasteiger partial charge in [0, 0.05) is 24.5 Å². The Morgan fingerprint density at radius 1 is 1.36 bits per heavy atom. The number of carbonyl (C=O) groups is 1. The van der Waals surface area contributed by atoms with Crippen molar-refractivity contribution in [1.82, 2.24) is 10.3 Å². The van der Waals surface area contributed by atoms with Crippen LogP contribution in [0.4, 0.5) is 5.69 Å². The molecule has 0 bridgehead atoms. The first-order valence-corrected chi connectivity index (χ1v) is 6.63. The van der Waals surface area contributed by atoms with Gasteiger partial charge in [0.25, 0.3) is 11.6 Å². The Kier molecular flexibility index (Phi) is 5.02. The summed E-state index contributed by atoms with van der Waals surface area (Å²) < 4.78 is 5.29. The van der Waals surface area contributed by atoms with E-state index in [0.717, 1.165) is 5.56 Å². The largest absolute Gasteiger partial charge is 0.484 e. The summed E-state index contributed by atoms with van der Waals surface area (Å²) >= 11 is 0. The van der Waals surface area contributed by atoms with Crippen molar-refractivity contribution in [2.45, 2.75) is 13.0 Å². The summed E-state index contributed by atoms with van der Waals surface area (Å²) in [6.45, 7) is 1.68. The van der Waals surface area contributed by atoms with Gasteiger partial charge in [-0.2, -0.15) is 0 Å². The molecule has 2 rings (SSSR count). The average Bonchev–Trinajstić information content (AvgIpc) is 2.54. The average molecular weight is 301 g/mol. The molecular formula is C15H15N3O4. The van der Waals surface area contributed by atoms with Crippen molar-refractivity contribution in [2.24, 2.45) is 0 Å². The van der Waals surface area contributed by atoms with Gasteiger partial charge < -0.3 is 10.1 Å². The molecule has 0 fully saturated rings. The maximum absolute atomic E-state index is 11.8. The number of nitrogens with one attached hydrogen (secondary N) is 1. The van der Waals surface area contributed by atoms with Crippen LogP contribution in [0.2, 0.25) is 0 Å². The smallest absolute Gasteiger partial charge is 0.269 e. The number of rotatable bonds is 6. The van der Waals surface area contributed by atoms with Crippen LogP contribution < -0.4 is 10.1 Å². The topological polar surface area (TPSA) is 94.4 Å². The zero-order valence-corrected chi connectivity index (χ0v) is 11.9. The highest BCUT2D eigenvalue weighted by Gasteiger charge is 2.10. The Bertz CT molecular complexity index is 644. The van der Waals surface area contributed by atoms with Gasteiger partial charge in [0.2, 0.25) is 0 Å². The van der Waals surface area contributed by atoms with Gasteiger partial charge in [-0.15, -0.1) is 0 Å². The van der Waals surface area contributed by atoms with Gasteiger partial charge in [-0.05, 0) is 30.7 Å². The fourth-order valence-electron chi connectivity index (χ4n) is 1.81. The second-order valence-corrected chi connectivity index (χ2v) is 4.62. The van der Waals surface area contributed by atoms with Crippen LogP contribution >= 0.6 is 0 Å². The quantitative estimate of drug-likeness (QED) is 0.652. The molecule has 22 heavy (non-hydrogen) atoms. The zero-order valence-electron chi connectivity index (χ0n) is 11.9. The van der Waals surface area contributed by atoms with Crippen LogP contribution in [-0.2, 0) is 4.79 Å². The molecule has 7 nitrogen and oxygen atoms in total. The van der Waals surface area contributed by atoms with E-state index in [2.05, 4.69) is 10.3 Å². The van der Waals surface area contributed by atoms with E-state index in [-0.39, 0.29) is 24.2 Å². The highest BCUT2D eigenvalue weighted by Crippen LogP contribution is 2.17. The Hall–Kier alpha value is -2.96. The molecule has 0 aliphatic rings. The molecular weight excluding hydrogens is 286 g/mol.